The van der Waals surface area contributed by atoms with E-state index >= 15 is 0 Å². The lowest BCUT2D eigenvalue weighted by Crippen LogP contribution is -2.17. The van der Waals surface area contributed by atoms with Gasteiger partial charge in [0.1, 0.15) is 5.75 Å². The molecule has 0 unspecified atom stereocenters. The van der Waals surface area contributed by atoms with E-state index in [2.05, 4.69) is 0 Å². The molecule has 72 valence electrons. The molecule has 0 aliphatic rings. The summed E-state index contributed by atoms with van der Waals surface area (Å²) in [5.74, 6) is -0.419. The van der Waals surface area contributed by atoms with Gasteiger partial charge in [-0.15, -0.1) is 0 Å². The normalized spacial score (nSPS) is 10.8. The number of aromatic hydroxyl groups is 1. The van der Waals surface area contributed by atoms with Crippen LogP contribution in [0.2, 0.25) is 0 Å². The fourth-order valence-corrected chi connectivity index (χ4v) is 1.02. The molecule has 0 aliphatic carbocycles. The highest BCUT2D eigenvalue weighted by Gasteiger charge is 2.19. The van der Waals surface area contributed by atoms with Crippen molar-refractivity contribution in [1.82, 2.24) is 4.98 Å². The highest BCUT2D eigenvalue weighted by Crippen LogP contribution is 2.24. The van der Waals surface area contributed by atoms with Gasteiger partial charge in [0.2, 0.25) is 0 Å². The Morgan fingerprint density at radius 1 is 1.62 bits per heavy atom. The number of halogens is 2. The van der Waals surface area contributed by atoms with Crippen molar-refractivity contribution in [2.75, 3.05) is 0 Å². The molecule has 1 heterocycles. The third-order valence-electron chi connectivity index (χ3n) is 1.64. The van der Waals surface area contributed by atoms with Gasteiger partial charge in [-0.05, 0) is 0 Å². The van der Waals surface area contributed by atoms with E-state index in [1.165, 1.54) is 0 Å². The summed E-state index contributed by atoms with van der Waals surface area (Å²) in [6.07, 6.45) is -1.99. The van der Waals surface area contributed by atoms with Crippen molar-refractivity contribution >= 4 is 0 Å². The first kappa shape index (κ1) is 9.66. The summed E-state index contributed by atoms with van der Waals surface area (Å²) in [5, 5.41) is 9.08. The second-order valence-electron chi connectivity index (χ2n) is 2.40. The first-order chi connectivity index (χ1) is 6.07. The van der Waals surface area contributed by atoms with Crippen LogP contribution in [-0.2, 0) is 6.54 Å². The first-order valence-corrected chi connectivity index (χ1v) is 3.49. The predicted octanol–water partition coefficient (Wildman–Crippen LogP) is 0.477. The van der Waals surface area contributed by atoms with Crippen LogP contribution in [0.3, 0.4) is 0 Å². The zero-order valence-electron chi connectivity index (χ0n) is 6.55. The molecular weight excluding hydrogens is 182 g/mol. The number of aromatic nitrogens is 1. The number of aromatic amines is 1. The summed E-state index contributed by atoms with van der Waals surface area (Å²) in [6.45, 7) is -0.296. The SMILES string of the molecule is NCc1c(O)c[nH]c(=O)c1C(F)F. The van der Waals surface area contributed by atoms with Crippen LogP contribution in [0, 0.1) is 0 Å². The van der Waals surface area contributed by atoms with Gasteiger partial charge in [-0.3, -0.25) is 4.79 Å². The number of hydrogen-bond donors (Lipinski definition) is 3. The predicted molar refractivity (Wildman–Crippen MR) is 41.6 cm³/mol. The smallest absolute Gasteiger partial charge is 0.269 e. The molecular formula is C7H8F2N2O2. The minimum absolute atomic E-state index is 0.209. The van der Waals surface area contributed by atoms with Gasteiger partial charge >= 0.3 is 0 Å². The Bertz CT molecular complexity index is 362. The van der Waals surface area contributed by atoms with Crippen LogP contribution in [0.4, 0.5) is 8.78 Å². The van der Waals surface area contributed by atoms with Crippen molar-refractivity contribution in [3.8, 4) is 5.75 Å². The Labute approximate surface area is 72.0 Å². The van der Waals surface area contributed by atoms with E-state index < -0.39 is 23.3 Å². The van der Waals surface area contributed by atoms with Crippen LogP contribution in [0.25, 0.3) is 0 Å². The topological polar surface area (TPSA) is 79.1 Å². The number of pyridine rings is 1. The third kappa shape index (κ3) is 1.67. The number of nitrogens with one attached hydrogen (secondary N) is 1. The largest absolute Gasteiger partial charge is 0.506 e. The first-order valence-electron chi connectivity index (χ1n) is 3.49. The van der Waals surface area contributed by atoms with Crippen molar-refractivity contribution in [3.63, 3.8) is 0 Å². The Balaban J connectivity index is 3.44. The summed E-state index contributed by atoms with van der Waals surface area (Å²) in [7, 11) is 0. The van der Waals surface area contributed by atoms with Gasteiger partial charge in [-0.2, -0.15) is 0 Å². The second-order valence-corrected chi connectivity index (χ2v) is 2.40. The maximum Gasteiger partial charge on any atom is 0.269 e. The summed E-state index contributed by atoms with van der Waals surface area (Å²) >= 11 is 0. The highest BCUT2D eigenvalue weighted by molar-refractivity contribution is 5.36. The van der Waals surface area contributed by atoms with Gasteiger partial charge in [-0.1, -0.05) is 0 Å². The summed E-state index contributed by atoms with van der Waals surface area (Å²) < 4.78 is 24.5. The summed E-state index contributed by atoms with van der Waals surface area (Å²) in [4.78, 5) is 12.9. The molecule has 1 aromatic heterocycles. The maximum atomic E-state index is 12.3. The van der Waals surface area contributed by atoms with Gasteiger partial charge in [0.25, 0.3) is 12.0 Å². The average molecular weight is 190 g/mol. The van der Waals surface area contributed by atoms with Crippen LogP contribution in [0.5, 0.6) is 5.75 Å². The van der Waals surface area contributed by atoms with Crippen molar-refractivity contribution < 1.29 is 13.9 Å². The fraction of sp³-hybridized carbons (Fsp3) is 0.286. The number of rotatable bonds is 2. The Kier molecular flexibility index (Phi) is 2.62. The van der Waals surface area contributed by atoms with Crippen LogP contribution >= 0.6 is 0 Å². The highest BCUT2D eigenvalue weighted by atomic mass is 19.3. The van der Waals surface area contributed by atoms with Crippen LogP contribution in [0.15, 0.2) is 11.0 Å². The van der Waals surface area contributed by atoms with Gasteiger partial charge in [0, 0.05) is 18.3 Å². The molecule has 0 fully saturated rings. The molecule has 0 saturated heterocycles. The Morgan fingerprint density at radius 3 is 2.62 bits per heavy atom. The monoisotopic (exact) mass is 190 g/mol. The van der Waals surface area contributed by atoms with Crippen LogP contribution in [-0.4, -0.2) is 10.1 Å². The molecule has 0 atom stereocenters. The molecule has 0 aliphatic heterocycles. The summed E-state index contributed by atoms with van der Waals surface area (Å²) in [5.41, 5.74) is 3.22. The van der Waals surface area contributed by atoms with Gasteiger partial charge in [-0.25, -0.2) is 8.78 Å². The minimum Gasteiger partial charge on any atom is -0.506 e. The number of nitrogens with two attached hydrogens (primary N) is 1. The molecule has 1 aromatic rings. The zero-order chi connectivity index (χ0) is 10.0. The molecule has 0 spiro atoms. The van der Waals surface area contributed by atoms with E-state index in [0.717, 1.165) is 6.20 Å². The van der Waals surface area contributed by atoms with Gasteiger partial charge < -0.3 is 15.8 Å². The van der Waals surface area contributed by atoms with Crippen LogP contribution < -0.4 is 11.3 Å². The van der Waals surface area contributed by atoms with Crippen molar-refractivity contribution in [1.29, 1.82) is 0 Å². The molecule has 0 aromatic carbocycles. The fourth-order valence-electron chi connectivity index (χ4n) is 1.02. The lowest BCUT2D eigenvalue weighted by Gasteiger charge is -2.06. The van der Waals surface area contributed by atoms with Crippen molar-refractivity contribution in [2.45, 2.75) is 13.0 Å². The molecule has 0 saturated carbocycles. The molecule has 13 heavy (non-hydrogen) atoms. The number of H-pyrrole nitrogens is 1. The van der Waals surface area contributed by atoms with Gasteiger partial charge in [0.05, 0.1) is 5.56 Å². The minimum atomic E-state index is -2.94. The lowest BCUT2D eigenvalue weighted by atomic mass is 10.1. The quantitative estimate of drug-likeness (QED) is 0.634. The maximum absolute atomic E-state index is 12.3. The average Bonchev–Trinajstić information content (AvgIpc) is 2.07. The van der Waals surface area contributed by atoms with Gasteiger partial charge in [0.15, 0.2) is 0 Å². The molecule has 0 bridgehead atoms. The zero-order valence-corrected chi connectivity index (χ0v) is 6.55. The van der Waals surface area contributed by atoms with E-state index in [1.807, 2.05) is 4.98 Å². The standard InChI is InChI=1S/C7H8F2N2O2/c8-6(9)5-3(1-10)4(12)2-11-7(5)13/h2,6,12H,1,10H2,(H,11,13). The second kappa shape index (κ2) is 3.53. The molecule has 6 heteroatoms. The Morgan fingerprint density at radius 2 is 2.23 bits per heavy atom. The lowest BCUT2D eigenvalue weighted by molar-refractivity contribution is 0.148. The third-order valence-corrected chi connectivity index (χ3v) is 1.64. The number of hydrogen-bond acceptors (Lipinski definition) is 3. The van der Waals surface area contributed by atoms with E-state index in [-0.39, 0.29) is 12.1 Å². The van der Waals surface area contributed by atoms with E-state index in [1.54, 1.807) is 0 Å². The van der Waals surface area contributed by atoms with E-state index in [0.29, 0.717) is 0 Å². The van der Waals surface area contributed by atoms with Crippen molar-refractivity contribution in [3.05, 3.63) is 27.7 Å². The van der Waals surface area contributed by atoms with E-state index in [4.69, 9.17) is 10.8 Å². The Hall–Kier alpha value is -1.43. The molecule has 0 radical (unpaired) electrons. The summed E-state index contributed by atoms with van der Waals surface area (Å²) in [6, 6.07) is 0. The molecule has 1 rings (SSSR count). The van der Waals surface area contributed by atoms with Crippen molar-refractivity contribution in [2.24, 2.45) is 5.73 Å². The molecule has 0 amide bonds. The van der Waals surface area contributed by atoms with Crippen LogP contribution in [0.1, 0.15) is 17.6 Å². The number of alkyl halides is 2. The molecule has 4 N–H and O–H groups in total. The molecule has 4 nitrogen and oxygen atoms in total. The van der Waals surface area contributed by atoms with E-state index in [9.17, 15) is 13.6 Å².